The van der Waals surface area contributed by atoms with Crippen molar-refractivity contribution in [2.24, 2.45) is 0 Å². The fourth-order valence-corrected chi connectivity index (χ4v) is 1.55. The van der Waals surface area contributed by atoms with E-state index in [2.05, 4.69) is 10.1 Å². The number of carbonyl (C=O) groups is 1. The molecule has 0 saturated carbocycles. The SMILES string of the molecule is CCn1ncnc1COC(=O)c1ccc(F)c(N)c1. The Bertz CT molecular complexity index is 597. The summed E-state index contributed by atoms with van der Waals surface area (Å²) in [6, 6.07) is 3.68. The van der Waals surface area contributed by atoms with E-state index in [0.717, 1.165) is 6.07 Å². The van der Waals surface area contributed by atoms with E-state index in [0.29, 0.717) is 12.4 Å². The number of aryl methyl sites for hydroxylation is 1. The first kappa shape index (κ1) is 13.0. The predicted octanol–water partition coefficient (Wildman–Crippen LogP) is 1.38. The first-order chi connectivity index (χ1) is 9.11. The molecule has 0 unspecified atom stereocenters. The van der Waals surface area contributed by atoms with Crippen LogP contribution >= 0.6 is 0 Å². The van der Waals surface area contributed by atoms with Gasteiger partial charge in [-0.25, -0.2) is 18.9 Å². The molecule has 1 heterocycles. The van der Waals surface area contributed by atoms with Crippen LogP contribution in [0.15, 0.2) is 24.5 Å². The van der Waals surface area contributed by atoms with Crippen LogP contribution in [0.4, 0.5) is 10.1 Å². The summed E-state index contributed by atoms with van der Waals surface area (Å²) < 4.78 is 19.7. The molecule has 7 heteroatoms. The van der Waals surface area contributed by atoms with Crippen molar-refractivity contribution < 1.29 is 13.9 Å². The van der Waals surface area contributed by atoms with E-state index in [4.69, 9.17) is 10.5 Å². The third-order valence-electron chi connectivity index (χ3n) is 2.56. The van der Waals surface area contributed by atoms with Crippen molar-refractivity contribution in [3.63, 3.8) is 0 Å². The average Bonchev–Trinajstić information content (AvgIpc) is 2.86. The van der Waals surface area contributed by atoms with Crippen LogP contribution in [-0.2, 0) is 17.9 Å². The maximum atomic E-state index is 13.0. The molecule has 2 aromatic rings. The largest absolute Gasteiger partial charge is 0.454 e. The summed E-state index contributed by atoms with van der Waals surface area (Å²) in [6.07, 6.45) is 1.39. The molecule has 0 amide bonds. The van der Waals surface area contributed by atoms with Crippen molar-refractivity contribution in [2.75, 3.05) is 5.73 Å². The standard InChI is InChI=1S/C12H13FN4O2/c1-2-17-11(15-7-16-17)6-19-12(18)8-3-4-9(13)10(14)5-8/h3-5,7H,2,6,14H2,1H3. The van der Waals surface area contributed by atoms with Gasteiger partial charge in [-0.3, -0.25) is 0 Å². The second-order valence-corrected chi connectivity index (χ2v) is 3.80. The minimum absolute atomic E-state index is 0.00392. The number of hydrogen-bond donors (Lipinski definition) is 1. The van der Waals surface area contributed by atoms with E-state index >= 15 is 0 Å². The van der Waals surface area contributed by atoms with E-state index in [9.17, 15) is 9.18 Å². The molecule has 1 aromatic heterocycles. The van der Waals surface area contributed by atoms with E-state index in [1.54, 1.807) is 4.68 Å². The molecule has 0 spiro atoms. The monoisotopic (exact) mass is 264 g/mol. The second-order valence-electron chi connectivity index (χ2n) is 3.80. The minimum Gasteiger partial charge on any atom is -0.454 e. The quantitative estimate of drug-likeness (QED) is 0.666. The van der Waals surface area contributed by atoms with Gasteiger partial charge in [0.15, 0.2) is 12.4 Å². The van der Waals surface area contributed by atoms with Crippen LogP contribution in [0, 0.1) is 5.82 Å². The number of anilines is 1. The molecule has 0 saturated heterocycles. The summed E-state index contributed by atoms with van der Waals surface area (Å²) in [6.45, 7) is 2.54. The summed E-state index contributed by atoms with van der Waals surface area (Å²) in [5.74, 6) is -0.606. The molecule has 1 aromatic carbocycles. The summed E-state index contributed by atoms with van der Waals surface area (Å²) in [4.78, 5) is 15.7. The second kappa shape index (κ2) is 5.47. The molecule has 100 valence electrons. The van der Waals surface area contributed by atoms with Crippen molar-refractivity contribution in [3.05, 3.63) is 41.7 Å². The van der Waals surface area contributed by atoms with Crippen LogP contribution in [0.2, 0.25) is 0 Å². The number of ether oxygens (including phenoxy) is 1. The number of esters is 1. The van der Waals surface area contributed by atoms with Crippen LogP contribution in [0.25, 0.3) is 0 Å². The number of rotatable bonds is 4. The van der Waals surface area contributed by atoms with Crippen LogP contribution in [0.3, 0.4) is 0 Å². The molecule has 0 fully saturated rings. The van der Waals surface area contributed by atoms with Gasteiger partial charge >= 0.3 is 5.97 Å². The van der Waals surface area contributed by atoms with Crippen molar-refractivity contribution in [3.8, 4) is 0 Å². The lowest BCUT2D eigenvalue weighted by Crippen LogP contribution is -2.10. The number of nitrogens with two attached hydrogens (primary N) is 1. The Morgan fingerprint density at radius 1 is 1.53 bits per heavy atom. The highest BCUT2D eigenvalue weighted by atomic mass is 19.1. The van der Waals surface area contributed by atoms with Gasteiger partial charge in [-0.2, -0.15) is 5.10 Å². The zero-order valence-corrected chi connectivity index (χ0v) is 10.3. The van der Waals surface area contributed by atoms with Gasteiger partial charge in [-0.15, -0.1) is 0 Å². The summed E-state index contributed by atoms with van der Waals surface area (Å²) in [5.41, 5.74) is 5.49. The lowest BCUT2D eigenvalue weighted by molar-refractivity contribution is 0.0457. The molecule has 0 aliphatic carbocycles. The van der Waals surface area contributed by atoms with Crippen LogP contribution in [-0.4, -0.2) is 20.7 Å². The molecule has 0 radical (unpaired) electrons. The number of benzene rings is 1. The number of halogens is 1. The zero-order valence-electron chi connectivity index (χ0n) is 10.3. The van der Waals surface area contributed by atoms with Crippen LogP contribution < -0.4 is 5.73 Å². The van der Waals surface area contributed by atoms with Crippen molar-refractivity contribution >= 4 is 11.7 Å². The number of nitrogens with zero attached hydrogens (tertiary/aromatic N) is 3. The number of carbonyl (C=O) groups excluding carboxylic acids is 1. The molecular weight excluding hydrogens is 251 g/mol. The zero-order chi connectivity index (χ0) is 13.8. The minimum atomic E-state index is -0.586. The fraction of sp³-hybridized carbons (Fsp3) is 0.250. The molecule has 0 atom stereocenters. The lowest BCUT2D eigenvalue weighted by atomic mass is 10.2. The van der Waals surface area contributed by atoms with Crippen molar-refractivity contribution in [1.82, 2.24) is 14.8 Å². The van der Waals surface area contributed by atoms with Crippen molar-refractivity contribution in [1.29, 1.82) is 0 Å². The number of nitrogen functional groups attached to an aromatic ring is 1. The first-order valence-electron chi connectivity index (χ1n) is 5.70. The smallest absolute Gasteiger partial charge is 0.338 e. The lowest BCUT2D eigenvalue weighted by Gasteiger charge is -2.06. The number of hydrogen-bond acceptors (Lipinski definition) is 5. The van der Waals surface area contributed by atoms with Gasteiger partial charge in [-0.05, 0) is 25.1 Å². The van der Waals surface area contributed by atoms with E-state index < -0.39 is 11.8 Å². The molecule has 2 rings (SSSR count). The van der Waals surface area contributed by atoms with E-state index in [-0.39, 0.29) is 17.9 Å². The van der Waals surface area contributed by atoms with Gasteiger partial charge in [0.2, 0.25) is 0 Å². The molecular formula is C12H13FN4O2. The summed E-state index contributed by atoms with van der Waals surface area (Å²) >= 11 is 0. The summed E-state index contributed by atoms with van der Waals surface area (Å²) in [5, 5.41) is 3.96. The van der Waals surface area contributed by atoms with Gasteiger partial charge in [0.05, 0.1) is 11.3 Å². The Balaban J connectivity index is 2.03. The molecule has 0 bridgehead atoms. The van der Waals surface area contributed by atoms with Crippen LogP contribution in [0.1, 0.15) is 23.1 Å². The molecule has 2 N–H and O–H groups in total. The van der Waals surface area contributed by atoms with Gasteiger partial charge < -0.3 is 10.5 Å². The Morgan fingerprint density at radius 3 is 3.00 bits per heavy atom. The maximum absolute atomic E-state index is 13.0. The van der Waals surface area contributed by atoms with Crippen molar-refractivity contribution in [2.45, 2.75) is 20.1 Å². The highest BCUT2D eigenvalue weighted by molar-refractivity contribution is 5.90. The highest BCUT2D eigenvalue weighted by Crippen LogP contribution is 2.13. The summed E-state index contributed by atoms with van der Waals surface area (Å²) in [7, 11) is 0. The van der Waals surface area contributed by atoms with Gasteiger partial charge in [-0.1, -0.05) is 0 Å². The van der Waals surface area contributed by atoms with E-state index in [1.165, 1.54) is 18.5 Å². The normalized spacial score (nSPS) is 10.4. The number of aromatic nitrogens is 3. The fourth-order valence-electron chi connectivity index (χ4n) is 1.55. The maximum Gasteiger partial charge on any atom is 0.338 e. The Labute approximate surface area is 109 Å². The third kappa shape index (κ3) is 2.87. The van der Waals surface area contributed by atoms with E-state index in [1.807, 2.05) is 6.92 Å². The van der Waals surface area contributed by atoms with Crippen LogP contribution in [0.5, 0.6) is 0 Å². The van der Waals surface area contributed by atoms with Gasteiger partial charge in [0.1, 0.15) is 12.1 Å². The topological polar surface area (TPSA) is 83.0 Å². The Hall–Kier alpha value is -2.44. The third-order valence-corrected chi connectivity index (χ3v) is 2.56. The highest BCUT2D eigenvalue weighted by Gasteiger charge is 2.11. The van der Waals surface area contributed by atoms with Gasteiger partial charge in [0.25, 0.3) is 0 Å². The average molecular weight is 264 g/mol. The predicted molar refractivity (Wildman–Crippen MR) is 65.6 cm³/mol. The molecule has 19 heavy (non-hydrogen) atoms. The molecule has 0 aliphatic heterocycles. The molecule has 0 aliphatic rings. The first-order valence-corrected chi connectivity index (χ1v) is 5.70. The molecule has 6 nitrogen and oxygen atoms in total. The van der Waals surface area contributed by atoms with Gasteiger partial charge in [0, 0.05) is 6.54 Å². The Kier molecular flexibility index (Phi) is 3.74. The Morgan fingerprint density at radius 2 is 2.32 bits per heavy atom.